The molecule has 1 heterocycles. The minimum Gasteiger partial charge on any atom is -0.343 e. The molecule has 4 nitrogen and oxygen atoms in total. The second kappa shape index (κ2) is 7.02. The summed E-state index contributed by atoms with van der Waals surface area (Å²) in [5.74, 6) is 1.99. The van der Waals surface area contributed by atoms with E-state index in [1.807, 2.05) is 30.7 Å². The molecule has 0 aromatic rings. The Morgan fingerprint density at radius 1 is 1.07 bits per heavy atom. The summed E-state index contributed by atoms with van der Waals surface area (Å²) >= 11 is 0. The lowest BCUT2D eigenvalue weighted by Crippen LogP contribution is -2.64. The first-order chi connectivity index (χ1) is 13.3. The maximum atomic E-state index is 13.2. The highest BCUT2D eigenvalue weighted by Gasteiger charge is 2.61. The Labute approximate surface area is 171 Å². The summed E-state index contributed by atoms with van der Waals surface area (Å²) in [6, 6.07) is 0.313. The van der Waals surface area contributed by atoms with Crippen molar-refractivity contribution < 1.29 is 9.59 Å². The molecule has 2 unspecified atom stereocenters. The van der Waals surface area contributed by atoms with E-state index in [0.717, 1.165) is 24.7 Å². The molecule has 1 saturated heterocycles. The molecule has 2 amide bonds. The highest BCUT2D eigenvalue weighted by Crippen LogP contribution is 2.65. The molecule has 28 heavy (non-hydrogen) atoms. The van der Waals surface area contributed by atoms with Crippen LogP contribution in [-0.2, 0) is 9.59 Å². The third-order valence-corrected chi connectivity index (χ3v) is 9.73. The Morgan fingerprint density at radius 2 is 1.79 bits per heavy atom. The van der Waals surface area contributed by atoms with Crippen molar-refractivity contribution in [3.05, 3.63) is 0 Å². The minimum atomic E-state index is -0.471. The lowest BCUT2D eigenvalue weighted by Gasteiger charge is -2.62. The van der Waals surface area contributed by atoms with Crippen LogP contribution in [0.4, 0.5) is 0 Å². The highest BCUT2D eigenvalue weighted by molar-refractivity contribution is 6.01. The van der Waals surface area contributed by atoms with Crippen molar-refractivity contribution in [2.45, 2.75) is 85.1 Å². The predicted octanol–water partition coefficient (Wildman–Crippen LogP) is 4.33. The van der Waals surface area contributed by atoms with E-state index in [2.05, 4.69) is 13.8 Å². The van der Waals surface area contributed by atoms with Gasteiger partial charge in [-0.15, -0.1) is 0 Å². The van der Waals surface area contributed by atoms with Crippen LogP contribution in [0.25, 0.3) is 0 Å². The lowest BCUT2D eigenvalue weighted by atomic mass is 9.47. The van der Waals surface area contributed by atoms with Gasteiger partial charge in [0.15, 0.2) is 0 Å². The molecule has 4 aliphatic rings. The first-order valence-electron chi connectivity index (χ1n) is 11.8. The van der Waals surface area contributed by atoms with E-state index >= 15 is 0 Å². The average Bonchev–Trinajstić information content (AvgIpc) is 3.07. The number of rotatable bonds is 3. The highest BCUT2D eigenvalue weighted by atomic mass is 16.2. The van der Waals surface area contributed by atoms with Crippen LogP contribution in [0.15, 0.2) is 0 Å². The zero-order chi connectivity index (χ0) is 20.3. The predicted molar refractivity (Wildman–Crippen MR) is 112 cm³/mol. The molecule has 7 atom stereocenters. The standard InChI is InChI=1S/C24H40N2O2/c1-6-26(7-2)22(28)17-15-24(4)19-12-14-23(3)13-8-9-18(23)16(19)10-11-20(24)25(5)21(17)27/h16-20H,6-15H2,1-5H3/t16-,17?,18-,19+,20?,23-,24+/m0/s1. The van der Waals surface area contributed by atoms with Gasteiger partial charge in [-0.05, 0) is 87.4 Å². The molecule has 4 fully saturated rings. The summed E-state index contributed by atoms with van der Waals surface area (Å²) in [5.41, 5.74) is 0.639. The smallest absolute Gasteiger partial charge is 0.235 e. The summed E-state index contributed by atoms with van der Waals surface area (Å²) in [7, 11) is 1.97. The first kappa shape index (κ1) is 20.2. The molecule has 3 aliphatic carbocycles. The molecule has 4 heteroatoms. The van der Waals surface area contributed by atoms with Crippen LogP contribution < -0.4 is 0 Å². The number of amides is 2. The summed E-state index contributed by atoms with van der Waals surface area (Å²) in [4.78, 5) is 30.2. The van der Waals surface area contributed by atoms with Crippen LogP contribution in [0.1, 0.15) is 79.1 Å². The molecular weight excluding hydrogens is 348 g/mol. The van der Waals surface area contributed by atoms with Crippen molar-refractivity contribution in [1.82, 2.24) is 9.80 Å². The van der Waals surface area contributed by atoms with Crippen LogP contribution in [0.3, 0.4) is 0 Å². The van der Waals surface area contributed by atoms with Gasteiger partial charge in [0.25, 0.3) is 0 Å². The van der Waals surface area contributed by atoms with Gasteiger partial charge >= 0.3 is 0 Å². The van der Waals surface area contributed by atoms with Crippen LogP contribution in [-0.4, -0.2) is 47.8 Å². The van der Waals surface area contributed by atoms with E-state index in [-0.39, 0.29) is 17.2 Å². The van der Waals surface area contributed by atoms with E-state index < -0.39 is 5.92 Å². The van der Waals surface area contributed by atoms with E-state index in [1.54, 1.807) is 0 Å². The third-order valence-electron chi connectivity index (χ3n) is 9.73. The number of hydrogen-bond acceptors (Lipinski definition) is 2. The fraction of sp³-hybridized carbons (Fsp3) is 0.917. The molecule has 0 N–H and O–H groups in total. The molecule has 4 rings (SSSR count). The second-order valence-electron chi connectivity index (χ2n) is 10.8. The second-order valence-corrected chi connectivity index (χ2v) is 10.8. The van der Waals surface area contributed by atoms with Crippen LogP contribution >= 0.6 is 0 Å². The maximum Gasteiger partial charge on any atom is 0.235 e. The summed E-state index contributed by atoms with van der Waals surface area (Å²) in [6.45, 7) is 10.4. The van der Waals surface area contributed by atoms with Crippen molar-refractivity contribution in [2.75, 3.05) is 20.1 Å². The Balaban J connectivity index is 1.64. The van der Waals surface area contributed by atoms with E-state index in [4.69, 9.17) is 0 Å². The van der Waals surface area contributed by atoms with E-state index in [1.165, 1.54) is 38.5 Å². The third kappa shape index (κ3) is 2.76. The van der Waals surface area contributed by atoms with E-state index in [0.29, 0.717) is 30.5 Å². The number of likely N-dealkylation sites (tertiary alicyclic amines) is 1. The minimum absolute atomic E-state index is 0.0603. The van der Waals surface area contributed by atoms with Crippen molar-refractivity contribution in [1.29, 1.82) is 0 Å². The number of hydrogen-bond donors (Lipinski definition) is 0. The summed E-state index contributed by atoms with van der Waals surface area (Å²) in [5, 5.41) is 0. The molecule has 158 valence electrons. The molecule has 3 saturated carbocycles. The number of nitrogens with zero attached hydrogens (tertiary/aromatic N) is 2. The Bertz CT molecular complexity index is 645. The quantitative estimate of drug-likeness (QED) is 0.675. The van der Waals surface area contributed by atoms with Gasteiger partial charge in [-0.3, -0.25) is 9.59 Å². The zero-order valence-corrected chi connectivity index (χ0v) is 18.7. The van der Waals surface area contributed by atoms with Gasteiger partial charge in [0.2, 0.25) is 11.8 Å². The summed E-state index contributed by atoms with van der Waals surface area (Å²) in [6.07, 6.45) is 9.99. The van der Waals surface area contributed by atoms with Crippen molar-refractivity contribution in [3.63, 3.8) is 0 Å². The fourth-order valence-electron chi connectivity index (χ4n) is 8.23. The lowest BCUT2D eigenvalue weighted by molar-refractivity contribution is -0.172. The number of fused-ring (bicyclic) bond motifs is 5. The van der Waals surface area contributed by atoms with E-state index in [9.17, 15) is 9.59 Å². The zero-order valence-electron chi connectivity index (χ0n) is 18.7. The van der Waals surface area contributed by atoms with Gasteiger partial charge < -0.3 is 9.80 Å². The summed E-state index contributed by atoms with van der Waals surface area (Å²) < 4.78 is 0. The molecule has 1 aliphatic heterocycles. The number of carbonyl (C=O) groups excluding carboxylic acids is 2. The molecule has 0 spiro atoms. The van der Waals surface area contributed by atoms with Gasteiger partial charge in [-0.25, -0.2) is 0 Å². The average molecular weight is 389 g/mol. The van der Waals surface area contributed by atoms with Crippen molar-refractivity contribution in [3.8, 4) is 0 Å². The largest absolute Gasteiger partial charge is 0.343 e. The van der Waals surface area contributed by atoms with Gasteiger partial charge in [0, 0.05) is 26.2 Å². The van der Waals surface area contributed by atoms with Crippen LogP contribution in [0.5, 0.6) is 0 Å². The van der Waals surface area contributed by atoms with Gasteiger partial charge in [-0.1, -0.05) is 20.3 Å². The molecule has 0 aromatic heterocycles. The van der Waals surface area contributed by atoms with Gasteiger partial charge in [0.05, 0.1) is 0 Å². The first-order valence-corrected chi connectivity index (χ1v) is 11.8. The Morgan fingerprint density at radius 3 is 2.46 bits per heavy atom. The monoisotopic (exact) mass is 388 g/mol. The Kier molecular flexibility index (Phi) is 5.07. The van der Waals surface area contributed by atoms with Crippen molar-refractivity contribution in [2.24, 2.45) is 34.5 Å². The SMILES string of the molecule is CCN(CC)C(=O)C1C[C@@]2(C)C(CC[C@@H]3[C@H]2CC[C@]2(C)CCC[C@@H]32)N(C)C1=O. The topological polar surface area (TPSA) is 40.6 Å². The molecule has 0 radical (unpaired) electrons. The normalized spacial score (nSPS) is 45.2. The van der Waals surface area contributed by atoms with Gasteiger partial charge in [-0.2, -0.15) is 0 Å². The van der Waals surface area contributed by atoms with Gasteiger partial charge in [0.1, 0.15) is 5.92 Å². The van der Waals surface area contributed by atoms with Crippen LogP contribution in [0, 0.1) is 34.5 Å². The number of carbonyl (C=O) groups is 2. The molecule has 0 aromatic carbocycles. The van der Waals surface area contributed by atoms with Crippen molar-refractivity contribution >= 4 is 11.8 Å². The van der Waals surface area contributed by atoms with Crippen LogP contribution in [0.2, 0.25) is 0 Å². The number of piperidine rings is 1. The molecule has 0 bridgehead atoms. The fourth-order valence-corrected chi connectivity index (χ4v) is 8.23. The maximum absolute atomic E-state index is 13.2. The molecular formula is C24H40N2O2. The Hall–Kier alpha value is -1.06.